The Labute approximate surface area is 145 Å². The van der Waals surface area contributed by atoms with Crippen LogP contribution in [0.1, 0.15) is 52.2 Å². The van der Waals surface area contributed by atoms with E-state index >= 15 is 0 Å². The Kier molecular flexibility index (Phi) is 7.65. The first-order valence-corrected chi connectivity index (χ1v) is 10.0. The fourth-order valence-corrected chi connectivity index (χ4v) is 3.86. The van der Waals surface area contributed by atoms with Gasteiger partial charge in [0.05, 0.1) is 25.8 Å². The van der Waals surface area contributed by atoms with Crippen LogP contribution in [0.3, 0.4) is 0 Å². The lowest BCUT2D eigenvalue weighted by Crippen LogP contribution is -2.17. The highest BCUT2D eigenvalue weighted by Crippen LogP contribution is 2.48. The minimum atomic E-state index is -3.23. The first kappa shape index (κ1) is 20.9. The van der Waals surface area contributed by atoms with E-state index in [0.717, 1.165) is 11.1 Å². The van der Waals surface area contributed by atoms with E-state index < -0.39 is 13.6 Å². The van der Waals surface area contributed by atoms with Gasteiger partial charge in [0, 0.05) is 5.56 Å². The van der Waals surface area contributed by atoms with Gasteiger partial charge in [-0.05, 0) is 32.3 Å². The Morgan fingerprint density at radius 2 is 1.71 bits per heavy atom. The molecule has 0 fully saturated rings. The average molecular weight is 356 g/mol. The second kappa shape index (κ2) is 8.80. The fraction of sp³-hybridized carbons (Fsp3) is 0.611. The molecule has 1 aromatic carbocycles. The summed E-state index contributed by atoms with van der Waals surface area (Å²) in [6.07, 6.45) is -0.00103. The highest BCUT2D eigenvalue weighted by molar-refractivity contribution is 7.53. The molecule has 0 bridgehead atoms. The predicted octanol–water partition coefficient (Wildman–Crippen LogP) is 4.85. The van der Waals surface area contributed by atoms with Crippen LogP contribution < -0.4 is 4.74 Å². The fourth-order valence-electron chi connectivity index (χ4n) is 2.28. The number of hydrogen-bond donors (Lipinski definition) is 0. The molecule has 24 heavy (non-hydrogen) atoms. The van der Waals surface area contributed by atoms with E-state index in [-0.39, 0.29) is 31.2 Å². The SMILES string of the molecule is CCOP(=O)(CCC(=O)Oc1ccc(C)cc1C(C)(C)C)OCC. The van der Waals surface area contributed by atoms with Crippen LogP contribution in [0.2, 0.25) is 0 Å². The third kappa shape index (κ3) is 6.39. The molecule has 0 aliphatic heterocycles. The molecule has 0 aliphatic rings. The van der Waals surface area contributed by atoms with Crippen molar-refractivity contribution in [2.75, 3.05) is 19.4 Å². The summed E-state index contributed by atoms with van der Waals surface area (Å²) in [5.74, 6) is 0.102. The van der Waals surface area contributed by atoms with Gasteiger partial charge in [0.1, 0.15) is 5.75 Å². The van der Waals surface area contributed by atoms with Crippen molar-refractivity contribution in [3.8, 4) is 5.75 Å². The molecule has 5 nitrogen and oxygen atoms in total. The number of rotatable bonds is 8. The maximum absolute atomic E-state index is 12.4. The van der Waals surface area contributed by atoms with Crippen LogP contribution in [0, 0.1) is 6.92 Å². The summed E-state index contributed by atoms with van der Waals surface area (Å²) in [7, 11) is -3.23. The van der Waals surface area contributed by atoms with Crippen LogP contribution in [0.25, 0.3) is 0 Å². The molecule has 0 radical (unpaired) electrons. The largest absolute Gasteiger partial charge is 0.426 e. The van der Waals surface area contributed by atoms with E-state index in [0.29, 0.717) is 5.75 Å². The van der Waals surface area contributed by atoms with Gasteiger partial charge in [0.2, 0.25) is 0 Å². The topological polar surface area (TPSA) is 61.8 Å². The van der Waals surface area contributed by atoms with Gasteiger partial charge in [-0.25, -0.2) is 0 Å². The Balaban J connectivity index is 2.80. The summed E-state index contributed by atoms with van der Waals surface area (Å²) in [6.45, 7) is 12.2. The molecule has 0 saturated heterocycles. The molecule has 0 aromatic heterocycles. The van der Waals surface area contributed by atoms with Crippen molar-refractivity contribution in [3.63, 3.8) is 0 Å². The Morgan fingerprint density at radius 3 is 2.21 bits per heavy atom. The lowest BCUT2D eigenvalue weighted by molar-refractivity contribution is -0.134. The van der Waals surface area contributed by atoms with E-state index in [2.05, 4.69) is 20.8 Å². The van der Waals surface area contributed by atoms with Crippen LogP contribution in [-0.4, -0.2) is 25.3 Å². The predicted molar refractivity (Wildman–Crippen MR) is 95.9 cm³/mol. The van der Waals surface area contributed by atoms with Crippen LogP contribution in [-0.2, 0) is 23.8 Å². The summed E-state index contributed by atoms with van der Waals surface area (Å²) in [4.78, 5) is 12.2. The lowest BCUT2D eigenvalue weighted by Gasteiger charge is -2.23. The van der Waals surface area contributed by atoms with Gasteiger partial charge in [0.15, 0.2) is 0 Å². The molecule has 6 heteroatoms. The van der Waals surface area contributed by atoms with Gasteiger partial charge in [-0.3, -0.25) is 9.36 Å². The summed E-state index contributed by atoms with van der Waals surface area (Å²) in [5, 5.41) is 0. The van der Waals surface area contributed by atoms with E-state index in [1.54, 1.807) is 19.9 Å². The van der Waals surface area contributed by atoms with Gasteiger partial charge >= 0.3 is 13.6 Å². The molecule has 136 valence electrons. The van der Waals surface area contributed by atoms with Gasteiger partial charge in [-0.15, -0.1) is 0 Å². The van der Waals surface area contributed by atoms with Crippen molar-refractivity contribution in [1.82, 2.24) is 0 Å². The van der Waals surface area contributed by atoms with Gasteiger partial charge < -0.3 is 13.8 Å². The van der Waals surface area contributed by atoms with Crippen LogP contribution in [0.15, 0.2) is 18.2 Å². The molecule has 0 aliphatic carbocycles. The van der Waals surface area contributed by atoms with Crippen molar-refractivity contribution >= 4 is 13.6 Å². The zero-order valence-corrected chi connectivity index (χ0v) is 16.4. The highest BCUT2D eigenvalue weighted by Gasteiger charge is 2.26. The smallest absolute Gasteiger partial charge is 0.331 e. The molecular weight excluding hydrogens is 327 g/mol. The van der Waals surface area contributed by atoms with E-state index in [1.807, 2.05) is 19.1 Å². The van der Waals surface area contributed by atoms with E-state index in [9.17, 15) is 9.36 Å². The molecule has 1 rings (SSSR count). The maximum Gasteiger partial charge on any atom is 0.331 e. The molecule has 1 aromatic rings. The Morgan fingerprint density at radius 1 is 1.12 bits per heavy atom. The van der Waals surface area contributed by atoms with Gasteiger partial charge in [-0.1, -0.05) is 38.5 Å². The van der Waals surface area contributed by atoms with E-state index in [4.69, 9.17) is 13.8 Å². The molecule has 0 heterocycles. The second-order valence-electron chi connectivity index (χ2n) is 6.64. The lowest BCUT2D eigenvalue weighted by atomic mass is 9.85. The van der Waals surface area contributed by atoms with Crippen molar-refractivity contribution in [2.45, 2.75) is 53.4 Å². The number of hydrogen-bond acceptors (Lipinski definition) is 5. The zero-order chi connectivity index (χ0) is 18.4. The molecule has 0 N–H and O–H groups in total. The van der Waals surface area contributed by atoms with Crippen molar-refractivity contribution < 1.29 is 23.1 Å². The van der Waals surface area contributed by atoms with E-state index in [1.165, 1.54) is 0 Å². The Bertz CT molecular complexity index is 594. The van der Waals surface area contributed by atoms with Crippen LogP contribution >= 0.6 is 7.60 Å². The molecule has 0 atom stereocenters. The normalized spacial score (nSPS) is 12.2. The second-order valence-corrected chi connectivity index (χ2v) is 8.83. The molecule has 0 spiro atoms. The number of carbonyl (C=O) groups is 1. The first-order valence-electron chi connectivity index (χ1n) is 8.31. The third-order valence-electron chi connectivity index (χ3n) is 3.41. The summed E-state index contributed by atoms with van der Waals surface area (Å²) in [6, 6.07) is 5.73. The number of ether oxygens (including phenoxy) is 1. The van der Waals surface area contributed by atoms with Gasteiger partial charge in [-0.2, -0.15) is 0 Å². The number of esters is 1. The maximum atomic E-state index is 12.4. The van der Waals surface area contributed by atoms with Crippen LogP contribution in [0.4, 0.5) is 0 Å². The molecule has 0 amide bonds. The minimum absolute atomic E-state index is 0.0181. The average Bonchev–Trinajstić information content (AvgIpc) is 2.47. The summed E-state index contributed by atoms with van der Waals surface area (Å²) in [5.41, 5.74) is 1.93. The zero-order valence-electron chi connectivity index (χ0n) is 15.5. The highest BCUT2D eigenvalue weighted by atomic mass is 31.2. The van der Waals surface area contributed by atoms with Crippen LogP contribution in [0.5, 0.6) is 5.75 Å². The first-order chi connectivity index (χ1) is 11.1. The molecular formula is C18H29O5P. The Hall–Kier alpha value is -1.16. The minimum Gasteiger partial charge on any atom is -0.426 e. The van der Waals surface area contributed by atoms with Crippen molar-refractivity contribution in [3.05, 3.63) is 29.3 Å². The summed E-state index contributed by atoms with van der Waals surface area (Å²) < 4.78 is 28.3. The number of aryl methyl sites for hydroxylation is 1. The number of benzene rings is 1. The molecule has 0 unspecified atom stereocenters. The molecule has 0 saturated carbocycles. The van der Waals surface area contributed by atoms with Gasteiger partial charge in [0.25, 0.3) is 0 Å². The summed E-state index contributed by atoms with van der Waals surface area (Å²) >= 11 is 0. The van der Waals surface area contributed by atoms with Crippen molar-refractivity contribution in [2.24, 2.45) is 0 Å². The quantitative estimate of drug-likeness (QED) is 0.378. The van der Waals surface area contributed by atoms with Crippen molar-refractivity contribution in [1.29, 1.82) is 0 Å². The standard InChI is InChI=1S/C18H29O5P/c1-7-21-24(20,22-8-2)12-11-17(19)23-16-10-9-14(3)13-15(16)18(4,5)6/h9-10,13H,7-8,11-12H2,1-6H3. The third-order valence-corrected chi connectivity index (χ3v) is 5.48. The number of carbonyl (C=O) groups excluding carboxylic acids is 1. The monoisotopic (exact) mass is 356 g/mol.